The minimum Gasteiger partial charge on any atom is -0.496 e. The van der Waals surface area contributed by atoms with Crippen molar-refractivity contribution in [3.8, 4) is 5.75 Å². The quantitative estimate of drug-likeness (QED) is 0.642. The molecule has 0 bridgehead atoms. The van der Waals surface area contributed by atoms with Gasteiger partial charge in [-0.3, -0.25) is 4.99 Å². The molecule has 0 atom stereocenters. The molecule has 7 nitrogen and oxygen atoms in total. The molecule has 0 fully saturated rings. The van der Waals surface area contributed by atoms with E-state index < -0.39 is 0 Å². The largest absolute Gasteiger partial charge is 0.496 e. The fourth-order valence-electron chi connectivity index (χ4n) is 2.17. The zero-order valence-electron chi connectivity index (χ0n) is 14.3. The van der Waals surface area contributed by atoms with Gasteiger partial charge < -0.3 is 19.9 Å². The van der Waals surface area contributed by atoms with Gasteiger partial charge in [0.05, 0.1) is 13.7 Å². The lowest BCUT2D eigenvalue weighted by atomic mass is 10.1. The Morgan fingerprint density at radius 1 is 1.22 bits per heavy atom. The second-order valence-corrected chi connectivity index (χ2v) is 5.32. The summed E-state index contributed by atoms with van der Waals surface area (Å²) in [6.45, 7) is 5.15. The molecule has 0 saturated heterocycles. The first kappa shape index (κ1) is 16.8. The predicted molar refractivity (Wildman–Crippen MR) is 90.5 cm³/mol. The monoisotopic (exact) mass is 316 g/mol. The SMILES string of the molecule is CN=C(NCc1ccc(C)cc1OC)NCc1nnc(C)n1C. The number of nitrogens with one attached hydrogen (secondary N) is 2. The van der Waals surface area contributed by atoms with Crippen molar-refractivity contribution >= 4 is 5.96 Å². The van der Waals surface area contributed by atoms with Crippen molar-refractivity contribution in [2.45, 2.75) is 26.9 Å². The van der Waals surface area contributed by atoms with Gasteiger partial charge >= 0.3 is 0 Å². The van der Waals surface area contributed by atoms with Gasteiger partial charge in [0, 0.05) is 26.2 Å². The van der Waals surface area contributed by atoms with Crippen LogP contribution >= 0.6 is 0 Å². The molecule has 1 aromatic heterocycles. The van der Waals surface area contributed by atoms with Crippen molar-refractivity contribution in [3.05, 3.63) is 41.0 Å². The van der Waals surface area contributed by atoms with Gasteiger partial charge in [-0.25, -0.2) is 0 Å². The Morgan fingerprint density at radius 3 is 2.57 bits per heavy atom. The maximum atomic E-state index is 5.42. The van der Waals surface area contributed by atoms with Crippen LogP contribution in [0.15, 0.2) is 23.2 Å². The van der Waals surface area contributed by atoms with Crippen LogP contribution in [0.2, 0.25) is 0 Å². The van der Waals surface area contributed by atoms with Crippen molar-refractivity contribution in [3.63, 3.8) is 0 Å². The van der Waals surface area contributed by atoms with Gasteiger partial charge in [0.15, 0.2) is 11.8 Å². The van der Waals surface area contributed by atoms with E-state index in [1.165, 1.54) is 5.56 Å². The molecular weight excluding hydrogens is 292 g/mol. The summed E-state index contributed by atoms with van der Waals surface area (Å²) in [4.78, 5) is 4.22. The Kier molecular flexibility index (Phi) is 5.56. The molecule has 0 aliphatic carbocycles. The molecule has 1 heterocycles. The Hall–Kier alpha value is -2.57. The molecule has 124 valence electrons. The number of methoxy groups -OCH3 is 1. The van der Waals surface area contributed by atoms with Crippen molar-refractivity contribution in [2.75, 3.05) is 14.2 Å². The second kappa shape index (κ2) is 7.62. The fourth-order valence-corrected chi connectivity index (χ4v) is 2.17. The molecule has 2 aromatic rings. The van der Waals surface area contributed by atoms with Crippen LogP contribution in [0.4, 0.5) is 0 Å². The third kappa shape index (κ3) is 4.21. The Labute approximate surface area is 136 Å². The van der Waals surface area contributed by atoms with E-state index in [4.69, 9.17) is 4.74 Å². The summed E-state index contributed by atoms with van der Waals surface area (Å²) < 4.78 is 7.37. The van der Waals surface area contributed by atoms with Crippen molar-refractivity contribution in [2.24, 2.45) is 12.0 Å². The number of hydrogen-bond acceptors (Lipinski definition) is 4. The Balaban J connectivity index is 1.94. The lowest BCUT2D eigenvalue weighted by Gasteiger charge is -2.14. The number of aryl methyl sites for hydroxylation is 2. The number of aliphatic imine (C=N–C) groups is 1. The number of benzene rings is 1. The van der Waals surface area contributed by atoms with E-state index in [-0.39, 0.29) is 0 Å². The predicted octanol–water partition coefficient (Wildman–Crippen LogP) is 1.31. The van der Waals surface area contributed by atoms with Crippen molar-refractivity contribution in [1.29, 1.82) is 0 Å². The summed E-state index contributed by atoms with van der Waals surface area (Å²) in [6, 6.07) is 6.15. The molecule has 0 spiro atoms. The van der Waals surface area contributed by atoms with Crippen LogP contribution in [0.3, 0.4) is 0 Å². The van der Waals surface area contributed by atoms with E-state index in [2.05, 4.69) is 38.0 Å². The first-order chi connectivity index (χ1) is 11.0. The van der Waals surface area contributed by atoms with Crippen LogP contribution in [-0.2, 0) is 20.1 Å². The molecule has 0 radical (unpaired) electrons. The van der Waals surface area contributed by atoms with Gasteiger partial charge in [-0.2, -0.15) is 0 Å². The highest BCUT2D eigenvalue weighted by molar-refractivity contribution is 5.79. The van der Waals surface area contributed by atoms with Crippen LogP contribution in [0.5, 0.6) is 5.75 Å². The number of hydrogen-bond donors (Lipinski definition) is 2. The van der Waals surface area contributed by atoms with Crippen LogP contribution in [0.1, 0.15) is 22.8 Å². The minimum absolute atomic E-state index is 0.558. The molecule has 2 rings (SSSR count). The van der Waals surface area contributed by atoms with Crippen LogP contribution < -0.4 is 15.4 Å². The maximum Gasteiger partial charge on any atom is 0.191 e. The van der Waals surface area contributed by atoms with Gasteiger partial charge in [0.2, 0.25) is 0 Å². The lowest BCUT2D eigenvalue weighted by molar-refractivity contribution is 0.408. The summed E-state index contributed by atoms with van der Waals surface area (Å²) in [7, 11) is 5.37. The topological polar surface area (TPSA) is 76.4 Å². The molecule has 1 aromatic carbocycles. The highest BCUT2D eigenvalue weighted by Gasteiger charge is 2.07. The highest BCUT2D eigenvalue weighted by Crippen LogP contribution is 2.19. The molecule has 23 heavy (non-hydrogen) atoms. The molecule has 7 heteroatoms. The first-order valence-electron chi connectivity index (χ1n) is 7.48. The molecule has 0 aliphatic rings. The van der Waals surface area contributed by atoms with E-state index in [1.54, 1.807) is 14.2 Å². The molecule has 0 amide bonds. The van der Waals surface area contributed by atoms with E-state index in [0.29, 0.717) is 19.0 Å². The summed E-state index contributed by atoms with van der Waals surface area (Å²) in [5.74, 6) is 3.32. The first-order valence-corrected chi connectivity index (χ1v) is 7.48. The smallest absolute Gasteiger partial charge is 0.191 e. The zero-order valence-corrected chi connectivity index (χ0v) is 14.3. The molecule has 0 saturated carbocycles. The molecular formula is C16H24N6O. The Bertz CT molecular complexity index is 692. The van der Waals surface area contributed by atoms with Gasteiger partial charge in [-0.05, 0) is 25.5 Å². The normalized spacial score (nSPS) is 11.4. The van der Waals surface area contributed by atoms with Crippen LogP contribution in [0.25, 0.3) is 0 Å². The standard InChI is InChI=1S/C16H24N6O/c1-11-6-7-13(14(8-11)23-5)9-18-16(17-3)19-10-15-21-20-12(2)22(15)4/h6-8H,9-10H2,1-5H3,(H2,17,18,19). The van der Waals surface area contributed by atoms with Crippen LogP contribution in [-0.4, -0.2) is 34.9 Å². The molecule has 0 aliphatic heterocycles. The van der Waals surface area contributed by atoms with Gasteiger partial charge in [0.1, 0.15) is 11.6 Å². The number of nitrogens with zero attached hydrogens (tertiary/aromatic N) is 4. The average molecular weight is 316 g/mol. The summed E-state index contributed by atoms with van der Waals surface area (Å²) in [5, 5.41) is 14.7. The van der Waals surface area contributed by atoms with Gasteiger partial charge in [-0.15, -0.1) is 10.2 Å². The summed E-state index contributed by atoms with van der Waals surface area (Å²) in [5.41, 5.74) is 2.25. The van der Waals surface area contributed by atoms with Gasteiger partial charge in [0.25, 0.3) is 0 Å². The lowest BCUT2D eigenvalue weighted by Crippen LogP contribution is -2.37. The number of ether oxygens (including phenoxy) is 1. The highest BCUT2D eigenvalue weighted by atomic mass is 16.5. The third-order valence-electron chi connectivity index (χ3n) is 3.71. The summed E-state index contributed by atoms with van der Waals surface area (Å²) >= 11 is 0. The zero-order chi connectivity index (χ0) is 16.8. The second-order valence-electron chi connectivity index (χ2n) is 5.32. The van der Waals surface area contributed by atoms with E-state index in [0.717, 1.165) is 23.0 Å². The van der Waals surface area contributed by atoms with E-state index in [1.807, 2.05) is 31.5 Å². The minimum atomic E-state index is 0.558. The third-order valence-corrected chi connectivity index (χ3v) is 3.71. The van der Waals surface area contributed by atoms with Gasteiger partial charge in [-0.1, -0.05) is 12.1 Å². The van der Waals surface area contributed by atoms with Crippen LogP contribution in [0, 0.1) is 13.8 Å². The fraction of sp³-hybridized carbons (Fsp3) is 0.438. The Morgan fingerprint density at radius 2 is 1.96 bits per heavy atom. The average Bonchev–Trinajstić information content (AvgIpc) is 2.87. The maximum absolute atomic E-state index is 5.42. The summed E-state index contributed by atoms with van der Waals surface area (Å²) in [6.07, 6.45) is 0. The number of aromatic nitrogens is 3. The van der Waals surface area contributed by atoms with Crippen molar-refractivity contribution in [1.82, 2.24) is 25.4 Å². The van der Waals surface area contributed by atoms with E-state index >= 15 is 0 Å². The number of guanidine groups is 1. The number of rotatable bonds is 5. The van der Waals surface area contributed by atoms with E-state index in [9.17, 15) is 0 Å². The molecule has 2 N–H and O–H groups in total. The van der Waals surface area contributed by atoms with Crippen molar-refractivity contribution < 1.29 is 4.74 Å². The molecule has 0 unspecified atom stereocenters.